The first-order chi connectivity index (χ1) is 9.97. The number of hydrogen-bond acceptors (Lipinski definition) is 4. The molecule has 2 aromatic rings. The maximum absolute atomic E-state index is 11.1. The third-order valence-electron chi connectivity index (χ3n) is 2.89. The molecule has 0 aliphatic heterocycles. The minimum Gasteiger partial charge on any atom is -0.478 e. The molecule has 0 spiro atoms. The van der Waals surface area contributed by atoms with Crippen LogP contribution in [-0.4, -0.2) is 35.6 Å². The number of fused-ring (bicyclic) bond motifs is 1. The van der Waals surface area contributed by atoms with Crippen molar-refractivity contribution in [3.8, 4) is 0 Å². The zero-order valence-corrected chi connectivity index (χ0v) is 11.5. The normalized spacial score (nSPS) is 10.9. The van der Waals surface area contributed by atoms with Crippen LogP contribution in [0.15, 0.2) is 36.4 Å². The van der Waals surface area contributed by atoms with Crippen LogP contribution < -0.4 is 10.6 Å². The van der Waals surface area contributed by atoms with Gasteiger partial charge in [-0.3, -0.25) is 4.79 Å². The summed E-state index contributed by atoms with van der Waals surface area (Å²) in [6.45, 7) is -0.000742. The molecule has 0 fully saturated rings. The monoisotopic (exact) mass is 285 g/mol. The minimum absolute atomic E-state index is 0.000742. The smallest absolute Gasteiger partial charge is 0.328 e. The summed E-state index contributed by atoms with van der Waals surface area (Å²) in [4.78, 5) is 27.8. The van der Waals surface area contributed by atoms with E-state index < -0.39 is 11.9 Å². The van der Waals surface area contributed by atoms with Crippen molar-refractivity contribution in [3.05, 3.63) is 42.0 Å². The van der Waals surface area contributed by atoms with Crippen molar-refractivity contribution in [2.45, 2.75) is 0 Å². The van der Waals surface area contributed by atoms with Gasteiger partial charge in [-0.05, 0) is 18.2 Å². The lowest BCUT2D eigenvalue weighted by Crippen LogP contribution is -2.31. The van der Waals surface area contributed by atoms with Crippen molar-refractivity contribution in [1.82, 2.24) is 4.98 Å². The number of para-hydroxylation sites is 1. The van der Waals surface area contributed by atoms with Crippen molar-refractivity contribution < 1.29 is 14.7 Å². The number of carboxylic acid groups (broad SMARTS) is 1. The van der Waals surface area contributed by atoms with Crippen molar-refractivity contribution in [2.75, 3.05) is 18.5 Å². The predicted octanol–water partition coefficient (Wildman–Crippen LogP) is 1.25. The molecule has 108 valence electrons. The van der Waals surface area contributed by atoms with E-state index in [2.05, 4.69) is 4.98 Å². The average Bonchev–Trinajstić information content (AvgIpc) is 2.43. The quantitative estimate of drug-likeness (QED) is 0.806. The van der Waals surface area contributed by atoms with Crippen LogP contribution in [0.1, 0.15) is 5.56 Å². The van der Waals surface area contributed by atoms with Crippen LogP contribution in [0.3, 0.4) is 0 Å². The molecule has 1 aromatic heterocycles. The van der Waals surface area contributed by atoms with E-state index in [4.69, 9.17) is 10.8 Å². The molecule has 0 radical (unpaired) electrons. The molecule has 0 bridgehead atoms. The molecule has 0 unspecified atom stereocenters. The number of amides is 1. The molecule has 6 nitrogen and oxygen atoms in total. The van der Waals surface area contributed by atoms with Gasteiger partial charge in [0.15, 0.2) is 0 Å². The fraction of sp³-hybridized carbons (Fsp3) is 0.133. The Balaban J connectivity index is 2.55. The zero-order chi connectivity index (χ0) is 15.4. The van der Waals surface area contributed by atoms with Gasteiger partial charge in [0.25, 0.3) is 0 Å². The van der Waals surface area contributed by atoms with Gasteiger partial charge in [-0.25, -0.2) is 9.78 Å². The number of benzene rings is 1. The lowest BCUT2D eigenvalue weighted by atomic mass is 10.1. The lowest BCUT2D eigenvalue weighted by molar-refractivity contribution is -0.131. The van der Waals surface area contributed by atoms with Gasteiger partial charge in [0.1, 0.15) is 5.82 Å². The Morgan fingerprint density at radius 3 is 2.76 bits per heavy atom. The first-order valence-electron chi connectivity index (χ1n) is 6.27. The molecule has 0 aliphatic rings. The van der Waals surface area contributed by atoms with Gasteiger partial charge < -0.3 is 15.7 Å². The van der Waals surface area contributed by atoms with E-state index in [1.807, 2.05) is 30.3 Å². The molecule has 6 heteroatoms. The maximum atomic E-state index is 11.1. The summed E-state index contributed by atoms with van der Waals surface area (Å²) >= 11 is 0. The molecule has 0 atom stereocenters. The van der Waals surface area contributed by atoms with Gasteiger partial charge in [-0.2, -0.15) is 0 Å². The van der Waals surface area contributed by atoms with Crippen LogP contribution in [-0.2, 0) is 9.59 Å². The standard InChI is InChI=1S/C15H15N3O3/c1-18(9-13(16)19)15-11(6-7-14(20)21)8-10-4-2-3-5-12(10)17-15/h2-8H,9H2,1H3,(H2,16,19)(H,20,21)/b7-6+. The highest BCUT2D eigenvalue weighted by Gasteiger charge is 2.11. The van der Waals surface area contributed by atoms with Crippen molar-refractivity contribution in [1.29, 1.82) is 0 Å². The zero-order valence-electron chi connectivity index (χ0n) is 11.5. The predicted molar refractivity (Wildman–Crippen MR) is 80.9 cm³/mol. The Kier molecular flexibility index (Phi) is 4.18. The number of primary amides is 1. The Labute approximate surface area is 121 Å². The highest BCUT2D eigenvalue weighted by atomic mass is 16.4. The van der Waals surface area contributed by atoms with E-state index in [0.29, 0.717) is 11.4 Å². The fourth-order valence-corrected chi connectivity index (χ4v) is 2.02. The highest BCUT2D eigenvalue weighted by Crippen LogP contribution is 2.24. The van der Waals surface area contributed by atoms with Crippen LogP contribution in [0.5, 0.6) is 0 Å². The summed E-state index contributed by atoms with van der Waals surface area (Å²) in [5.41, 5.74) is 6.57. The van der Waals surface area contributed by atoms with Crippen LogP contribution in [0.2, 0.25) is 0 Å². The SMILES string of the molecule is CN(CC(N)=O)c1nc2ccccc2cc1/C=C/C(=O)O. The third-order valence-corrected chi connectivity index (χ3v) is 2.89. The van der Waals surface area contributed by atoms with Gasteiger partial charge in [0.05, 0.1) is 12.1 Å². The van der Waals surface area contributed by atoms with Gasteiger partial charge in [0.2, 0.25) is 5.91 Å². The van der Waals surface area contributed by atoms with Gasteiger partial charge in [-0.1, -0.05) is 18.2 Å². The van der Waals surface area contributed by atoms with E-state index in [0.717, 1.165) is 17.0 Å². The first kappa shape index (κ1) is 14.5. The van der Waals surface area contributed by atoms with E-state index in [9.17, 15) is 9.59 Å². The van der Waals surface area contributed by atoms with E-state index in [1.165, 1.54) is 6.08 Å². The summed E-state index contributed by atoms with van der Waals surface area (Å²) in [6, 6.07) is 9.30. The first-order valence-corrected chi connectivity index (χ1v) is 6.27. The molecule has 2 rings (SSSR count). The van der Waals surface area contributed by atoms with Crippen molar-refractivity contribution >= 4 is 34.7 Å². The molecular weight excluding hydrogens is 270 g/mol. The second-order valence-corrected chi connectivity index (χ2v) is 4.59. The Bertz CT molecular complexity index is 725. The van der Waals surface area contributed by atoms with Crippen LogP contribution >= 0.6 is 0 Å². The number of nitrogens with zero attached hydrogens (tertiary/aromatic N) is 2. The highest BCUT2D eigenvalue weighted by molar-refractivity contribution is 5.90. The van der Waals surface area contributed by atoms with Crippen molar-refractivity contribution in [2.24, 2.45) is 5.73 Å². The van der Waals surface area contributed by atoms with Crippen LogP contribution in [0.4, 0.5) is 5.82 Å². The second-order valence-electron chi connectivity index (χ2n) is 4.59. The second kappa shape index (κ2) is 6.04. The lowest BCUT2D eigenvalue weighted by Gasteiger charge is -2.19. The summed E-state index contributed by atoms with van der Waals surface area (Å²) < 4.78 is 0. The minimum atomic E-state index is -1.05. The molecule has 0 saturated carbocycles. The Morgan fingerprint density at radius 1 is 1.38 bits per heavy atom. The molecule has 1 aromatic carbocycles. The molecule has 0 aliphatic carbocycles. The average molecular weight is 285 g/mol. The number of carbonyl (C=O) groups excluding carboxylic acids is 1. The number of likely N-dealkylation sites (N-methyl/N-ethyl adjacent to an activating group) is 1. The third kappa shape index (κ3) is 3.56. The fourth-order valence-electron chi connectivity index (χ4n) is 2.02. The summed E-state index contributed by atoms with van der Waals surface area (Å²) in [5, 5.41) is 9.66. The van der Waals surface area contributed by atoms with E-state index in [-0.39, 0.29) is 6.54 Å². The Hall–Kier alpha value is -2.89. The molecule has 1 heterocycles. The topological polar surface area (TPSA) is 96.5 Å². The number of rotatable bonds is 5. The van der Waals surface area contributed by atoms with Crippen LogP contribution in [0, 0.1) is 0 Å². The van der Waals surface area contributed by atoms with E-state index in [1.54, 1.807) is 11.9 Å². The summed E-state index contributed by atoms with van der Waals surface area (Å²) in [5.74, 6) is -1.03. The number of aromatic nitrogens is 1. The van der Waals surface area contributed by atoms with E-state index >= 15 is 0 Å². The molecule has 0 saturated heterocycles. The number of nitrogens with two attached hydrogens (primary N) is 1. The maximum Gasteiger partial charge on any atom is 0.328 e. The van der Waals surface area contributed by atoms with Gasteiger partial charge in [0, 0.05) is 24.1 Å². The number of anilines is 1. The number of aliphatic carboxylic acids is 1. The molecule has 3 N–H and O–H groups in total. The molecule has 21 heavy (non-hydrogen) atoms. The molecular formula is C15H15N3O3. The molecule has 1 amide bonds. The Morgan fingerprint density at radius 2 is 2.10 bits per heavy atom. The van der Waals surface area contributed by atoms with Gasteiger partial charge >= 0.3 is 5.97 Å². The van der Waals surface area contributed by atoms with Crippen LogP contribution in [0.25, 0.3) is 17.0 Å². The van der Waals surface area contributed by atoms with Gasteiger partial charge in [-0.15, -0.1) is 0 Å². The summed E-state index contributed by atoms with van der Waals surface area (Å²) in [7, 11) is 1.68. The number of carbonyl (C=O) groups is 2. The largest absolute Gasteiger partial charge is 0.478 e. The van der Waals surface area contributed by atoms with Crippen molar-refractivity contribution in [3.63, 3.8) is 0 Å². The number of pyridine rings is 1. The number of carboxylic acids is 1. The summed E-state index contributed by atoms with van der Waals surface area (Å²) in [6.07, 6.45) is 2.49. The number of hydrogen-bond donors (Lipinski definition) is 2.